The number of nitrogens with one attached hydrogen (secondary N) is 1. The molecule has 0 aliphatic rings. The topological polar surface area (TPSA) is 49.9 Å². The Morgan fingerprint density at radius 2 is 0.963 bits per heavy atom. The van der Waals surface area contributed by atoms with Gasteiger partial charge in [0, 0.05) is 11.1 Å². The second kappa shape index (κ2) is 7.30. The molecule has 3 N–H and O–H groups in total. The largest absolute Gasteiger partial charge is 0.384 e. The van der Waals surface area contributed by atoms with Gasteiger partial charge >= 0.3 is 0 Å². The third-order valence-electron chi connectivity index (χ3n) is 4.71. The quantitative estimate of drug-likeness (QED) is 0.346. The van der Waals surface area contributed by atoms with E-state index in [1.165, 1.54) is 0 Å². The average molecular weight is 348 g/mol. The molecule has 0 aliphatic carbocycles. The fraction of sp³-hybridized carbons (Fsp3) is 0. The van der Waals surface area contributed by atoms with E-state index in [0.717, 1.165) is 38.9 Å². The number of amidine groups is 1. The zero-order valence-corrected chi connectivity index (χ0v) is 14.9. The molecule has 4 aromatic carbocycles. The van der Waals surface area contributed by atoms with Crippen LogP contribution in [-0.2, 0) is 0 Å². The van der Waals surface area contributed by atoms with E-state index in [9.17, 15) is 0 Å². The minimum atomic E-state index is 0.0747. The minimum Gasteiger partial charge on any atom is -0.384 e. The van der Waals surface area contributed by atoms with Gasteiger partial charge in [0.15, 0.2) is 0 Å². The molecule has 0 saturated heterocycles. The summed E-state index contributed by atoms with van der Waals surface area (Å²) in [6, 6.07) is 34.9. The van der Waals surface area contributed by atoms with Crippen LogP contribution in [0.4, 0.5) is 0 Å². The Bertz CT molecular complexity index is 1070. The van der Waals surface area contributed by atoms with Crippen LogP contribution in [0, 0.1) is 5.41 Å². The summed E-state index contributed by atoms with van der Waals surface area (Å²) in [5, 5.41) is 8.14. The summed E-state index contributed by atoms with van der Waals surface area (Å²) in [5.41, 5.74) is 13.3. The molecule has 0 atom stereocenters. The van der Waals surface area contributed by atoms with Crippen molar-refractivity contribution in [3.8, 4) is 33.4 Å². The highest BCUT2D eigenvalue weighted by atomic mass is 14.7. The van der Waals surface area contributed by atoms with Crippen molar-refractivity contribution < 1.29 is 0 Å². The third-order valence-corrected chi connectivity index (χ3v) is 4.71. The molecular weight excluding hydrogens is 328 g/mol. The Kier molecular flexibility index (Phi) is 4.54. The van der Waals surface area contributed by atoms with Crippen LogP contribution >= 0.6 is 0 Å². The maximum atomic E-state index is 8.14. The molecule has 4 aromatic rings. The van der Waals surface area contributed by atoms with Gasteiger partial charge in [0.2, 0.25) is 0 Å². The maximum absolute atomic E-state index is 8.14. The first-order chi connectivity index (χ1) is 13.3. The number of rotatable bonds is 4. The first kappa shape index (κ1) is 16.8. The molecule has 0 aliphatic heterocycles. The molecule has 0 amide bonds. The second-order valence-electron chi connectivity index (χ2n) is 6.42. The van der Waals surface area contributed by atoms with Gasteiger partial charge in [-0.25, -0.2) is 0 Å². The van der Waals surface area contributed by atoms with Crippen LogP contribution < -0.4 is 5.73 Å². The van der Waals surface area contributed by atoms with Crippen molar-refractivity contribution in [3.63, 3.8) is 0 Å². The highest BCUT2D eigenvalue weighted by Crippen LogP contribution is 2.41. The fourth-order valence-electron chi connectivity index (χ4n) is 3.49. The molecule has 0 heterocycles. The first-order valence-electron chi connectivity index (χ1n) is 8.93. The summed E-state index contributed by atoms with van der Waals surface area (Å²) in [5.74, 6) is 0.0747. The van der Waals surface area contributed by atoms with Crippen molar-refractivity contribution in [1.82, 2.24) is 0 Å². The van der Waals surface area contributed by atoms with Crippen LogP contribution in [0.5, 0.6) is 0 Å². The lowest BCUT2D eigenvalue weighted by molar-refractivity contribution is 1.42. The molecule has 2 nitrogen and oxygen atoms in total. The Morgan fingerprint density at radius 1 is 0.519 bits per heavy atom. The molecule has 4 rings (SSSR count). The molecule has 2 heteroatoms. The Morgan fingerprint density at radius 3 is 1.44 bits per heavy atom. The Labute approximate surface area is 159 Å². The van der Waals surface area contributed by atoms with Gasteiger partial charge < -0.3 is 5.73 Å². The summed E-state index contributed by atoms with van der Waals surface area (Å²) >= 11 is 0. The van der Waals surface area contributed by atoms with Crippen molar-refractivity contribution in [1.29, 1.82) is 5.41 Å². The van der Waals surface area contributed by atoms with E-state index in [-0.39, 0.29) is 5.84 Å². The number of benzene rings is 4. The normalized spacial score (nSPS) is 10.5. The molecule has 0 saturated carbocycles. The van der Waals surface area contributed by atoms with E-state index < -0.39 is 0 Å². The molecule has 0 bridgehead atoms. The summed E-state index contributed by atoms with van der Waals surface area (Å²) in [4.78, 5) is 0. The van der Waals surface area contributed by atoms with Crippen LogP contribution in [0.1, 0.15) is 5.56 Å². The summed E-state index contributed by atoms with van der Waals surface area (Å²) < 4.78 is 0. The Hall–Kier alpha value is -3.65. The number of nitrogen functional groups attached to an aromatic ring is 1. The molecule has 27 heavy (non-hydrogen) atoms. The highest BCUT2D eigenvalue weighted by Gasteiger charge is 2.18. The Balaban J connectivity index is 2.13. The molecule has 0 unspecified atom stereocenters. The zero-order valence-electron chi connectivity index (χ0n) is 14.9. The summed E-state index contributed by atoms with van der Waals surface area (Å²) in [6.07, 6.45) is 0. The first-order valence-corrected chi connectivity index (χ1v) is 8.93. The molecule has 0 radical (unpaired) electrons. The molecule has 0 aromatic heterocycles. The van der Waals surface area contributed by atoms with Gasteiger partial charge in [-0.15, -0.1) is 0 Å². The number of hydrogen-bond donors (Lipinski definition) is 2. The predicted molar refractivity (Wildman–Crippen MR) is 114 cm³/mol. The van der Waals surface area contributed by atoms with Crippen molar-refractivity contribution in [2.75, 3.05) is 0 Å². The van der Waals surface area contributed by atoms with Gasteiger partial charge in [-0.2, -0.15) is 0 Å². The second-order valence-corrected chi connectivity index (χ2v) is 6.42. The lowest BCUT2D eigenvalue weighted by Crippen LogP contribution is -2.13. The highest BCUT2D eigenvalue weighted by molar-refractivity contribution is 6.08. The molecule has 0 fully saturated rings. The lowest BCUT2D eigenvalue weighted by atomic mass is 9.84. The standard InChI is InChI=1S/C25H20N2/c26-25(27)22-17-16-21(18-10-4-1-5-11-18)23(19-12-6-2-7-13-19)24(22)20-14-8-3-9-15-20/h1-17H,(H3,26,27). The zero-order chi connectivity index (χ0) is 18.6. The smallest absolute Gasteiger partial charge is 0.123 e. The molecule has 130 valence electrons. The van der Waals surface area contributed by atoms with Crippen LogP contribution in [-0.4, -0.2) is 5.84 Å². The van der Waals surface area contributed by atoms with E-state index in [4.69, 9.17) is 11.1 Å². The minimum absolute atomic E-state index is 0.0747. The van der Waals surface area contributed by atoms with Crippen LogP contribution in [0.15, 0.2) is 103 Å². The van der Waals surface area contributed by atoms with Gasteiger partial charge in [-0.1, -0.05) is 103 Å². The van der Waals surface area contributed by atoms with Crippen molar-refractivity contribution in [2.45, 2.75) is 0 Å². The summed E-state index contributed by atoms with van der Waals surface area (Å²) in [6.45, 7) is 0. The number of nitrogens with two attached hydrogens (primary N) is 1. The van der Waals surface area contributed by atoms with Gasteiger partial charge in [0.05, 0.1) is 0 Å². The van der Waals surface area contributed by atoms with Gasteiger partial charge in [-0.05, 0) is 27.8 Å². The van der Waals surface area contributed by atoms with Gasteiger partial charge in [0.25, 0.3) is 0 Å². The van der Waals surface area contributed by atoms with E-state index in [1.54, 1.807) is 0 Å². The maximum Gasteiger partial charge on any atom is 0.123 e. The molecular formula is C25H20N2. The summed E-state index contributed by atoms with van der Waals surface area (Å²) in [7, 11) is 0. The van der Waals surface area contributed by atoms with Crippen LogP contribution in [0.3, 0.4) is 0 Å². The SMILES string of the molecule is N=C(N)c1ccc(-c2ccccc2)c(-c2ccccc2)c1-c1ccccc1. The van der Waals surface area contributed by atoms with E-state index >= 15 is 0 Å². The van der Waals surface area contributed by atoms with Crippen LogP contribution in [0.2, 0.25) is 0 Å². The average Bonchev–Trinajstić information content (AvgIpc) is 2.74. The predicted octanol–water partition coefficient (Wildman–Crippen LogP) is 5.97. The third kappa shape index (κ3) is 3.25. The van der Waals surface area contributed by atoms with Gasteiger partial charge in [0.1, 0.15) is 5.84 Å². The molecule has 0 spiro atoms. The number of hydrogen-bond acceptors (Lipinski definition) is 1. The van der Waals surface area contributed by atoms with Crippen molar-refractivity contribution in [3.05, 3.63) is 109 Å². The lowest BCUT2D eigenvalue weighted by Gasteiger charge is -2.19. The van der Waals surface area contributed by atoms with Crippen molar-refractivity contribution in [2.24, 2.45) is 5.73 Å². The van der Waals surface area contributed by atoms with E-state index in [0.29, 0.717) is 0 Å². The van der Waals surface area contributed by atoms with Crippen molar-refractivity contribution >= 4 is 5.84 Å². The monoisotopic (exact) mass is 348 g/mol. The van der Waals surface area contributed by atoms with E-state index in [1.807, 2.05) is 60.7 Å². The fourth-order valence-corrected chi connectivity index (χ4v) is 3.49. The van der Waals surface area contributed by atoms with E-state index in [2.05, 4.69) is 42.5 Å². The van der Waals surface area contributed by atoms with Gasteiger partial charge in [-0.3, -0.25) is 5.41 Å². The van der Waals surface area contributed by atoms with Crippen LogP contribution in [0.25, 0.3) is 33.4 Å².